The number of carbonyl (C=O) groups excluding carboxylic acids is 1. The molecule has 1 heterocycles. The molecule has 1 aromatic heterocycles. The first-order chi connectivity index (χ1) is 15.0. The van der Waals surface area contributed by atoms with Crippen molar-refractivity contribution in [2.45, 2.75) is 25.9 Å². The second-order valence-electron chi connectivity index (χ2n) is 6.86. The fourth-order valence-corrected chi connectivity index (χ4v) is 3.17. The Morgan fingerprint density at radius 3 is 2.48 bits per heavy atom. The molecule has 0 aliphatic rings. The van der Waals surface area contributed by atoms with Crippen LogP contribution in [0.2, 0.25) is 5.02 Å². The monoisotopic (exact) mass is 441 g/mol. The second kappa shape index (κ2) is 10.6. The van der Waals surface area contributed by atoms with Crippen LogP contribution in [0, 0.1) is 0 Å². The maximum absolute atomic E-state index is 12.2. The lowest BCUT2D eigenvalue weighted by Crippen LogP contribution is -2.25. The van der Waals surface area contributed by atoms with Crippen molar-refractivity contribution >= 4 is 17.5 Å². The van der Waals surface area contributed by atoms with Gasteiger partial charge in [-0.25, -0.2) is 4.68 Å². The first kappa shape index (κ1) is 22.4. The summed E-state index contributed by atoms with van der Waals surface area (Å²) in [6.07, 6.45) is 0.789. The first-order valence-electron chi connectivity index (χ1n) is 9.82. The van der Waals surface area contributed by atoms with E-state index in [-0.39, 0.29) is 11.5 Å². The molecule has 162 valence electrons. The highest BCUT2D eigenvalue weighted by Crippen LogP contribution is 2.31. The zero-order valence-electron chi connectivity index (χ0n) is 17.4. The van der Waals surface area contributed by atoms with Gasteiger partial charge in [0, 0.05) is 36.2 Å². The van der Waals surface area contributed by atoms with Crippen LogP contribution in [-0.2, 0) is 17.9 Å². The van der Waals surface area contributed by atoms with E-state index in [0.717, 1.165) is 11.1 Å². The van der Waals surface area contributed by atoms with Gasteiger partial charge in [0.1, 0.15) is 0 Å². The topological polar surface area (TPSA) is 82.5 Å². The van der Waals surface area contributed by atoms with Gasteiger partial charge in [-0.3, -0.25) is 9.59 Å². The van der Waals surface area contributed by atoms with Crippen LogP contribution in [-0.4, -0.2) is 29.9 Å². The van der Waals surface area contributed by atoms with Crippen molar-refractivity contribution in [2.75, 3.05) is 14.2 Å². The zero-order valence-corrected chi connectivity index (χ0v) is 18.2. The Bertz CT molecular complexity index is 1100. The van der Waals surface area contributed by atoms with Crippen molar-refractivity contribution in [3.05, 3.63) is 75.5 Å². The van der Waals surface area contributed by atoms with Crippen LogP contribution in [0.1, 0.15) is 18.4 Å². The number of benzene rings is 2. The summed E-state index contributed by atoms with van der Waals surface area (Å²) in [5.74, 6) is 1.11. The predicted molar refractivity (Wildman–Crippen MR) is 120 cm³/mol. The van der Waals surface area contributed by atoms with Crippen LogP contribution in [0.3, 0.4) is 0 Å². The number of nitrogens with zero attached hydrogens (tertiary/aromatic N) is 2. The van der Waals surface area contributed by atoms with Crippen molar-refractivity contribution < 1.29 is 14.3 Å². The van der Waals surface area contributed by atoms with Crippen LogP contribution < -0.4 is 20.3 Å². The normalized spacial score (nSPS) is 10.5. The van der Waals surface area contributed by atoms with E-state index in [1.165, 1.54) is 10.7 Å². The Morgan fingerprint density at radius 2 is 1.77 bits per heavy atom. The molecule has 0 aliphatic heterocycles. The Balaban J connectivity index is 1.59. The quantitative estimate of drug-likeness (QED) is 0.547. The highest BCUT2D eigenvalue weighted by atomic mass is 35.5. The van der Waals surface area contributed by atoms with Gasteiger partial charge in [-0.1, -0.05) is 23.7 Å². The summed E-state index contributed by atoms with van der Waals surface area (Å²) < 4.78 is 12.0. The maximum atomic E-state index is 12.2. The minimum Gasteiger partial charge on any atom is -0.493 e. The molecule has 0 fully saturated rings. The molecular formula is C23H24ClN3O4. The average molecular weight is 442 g/mol. The van der Waals surface area contributed by atoms with Gasteiger partial charge in [-0.05, 0) is 48.4 Å². The van der Waals surface area contributed by atoms with Gasteiger partial charge in [0.2, 0.25) is 5.91 Å². The van der Waals surface area contributed by atoms with Gasteiger partial charge in [0.05, 0.1) is 19.9 Å². The van der Waals surface area contributed by atoms with Crippen molar-refractivity contribution in [3.63, 3.8) is 0 Å². The van der Waals surface area contributed by atoms with E-state index in [9.17, 15) is 9.59 Å². The number of rotatable bonds is 9. The second-order valence-corrected chi connectivity index (χ2v) is 7.29. The Labute approximate surface area is 185 Å². The van der Waals surface area contributed by atoms with E-state index in [1.54, 1.807) is 44.6 Å². The SMILES string of the molecule is COc1ccc(-c2ccc(=O)n(CCCC(=O)NCc3ccc(Cl)cc3)n2)cc1OC. The molecule has 0 aliphatic carbocycles. The molecule has 0 saturated carbocycles. The number of aryl methyl sites for hydroxylation is 1. The third-order valence-electron chi connectivity index (χ3n) is 4.72. The van der Waals surface area contributed by atoms with Crippen molar-refractivity contribution in [1.82, 2.24) is 15.1 Å². The van der Waals surface area contributed by atoms with E-state index in [1.807, 2.05) is 18.2 Å². The molecule has 0 spiro atoms. The van der Waals surface area contributed by atoms with Crippen LogP contribution >= 0.6 is 11.6 Å². The summed E-state index contributed by atoms with van der Waals surface area (Å²) >= 11 is 5.86. The molecule has 3 rings (SSSR count). The van der Waals surface area contributed by atoms with E-state index >= 15 is 0 Å². The number of halogens is 1. The highest BCUT2D eigenvalue weighted by molar-refractivity contribution is 6.30. The fraction of sp³-hybridized carbons (Fsp3) is 0.261. The van der Waals surface area contributed by atoms with Crippen LogP contribution in [0.4, 0.5) is 0 Å². The maximum Gasteiger partial charge on any atom is 0.266 e. The number of hydrogen-bond acceptors (Lipinski definition) is 5. The summed E-state index contributed by atoms with van der Waals surface area (Å²) in [5.41, 5.74) is 2.18. The lowest BCUT2D eigenvalue weighted by Gasteiger charge is -2.11. The number of nitrogens with one attached hydrogen (secondary N) is 1. The minimum absolute atomic E-state index is 0.0842. The Morgan fingerprint density at radius 1 is 1.03 bits per heavy atom. The summed E-state index contributed by atoms with van der Waals surface area (Å²) in [6, 6.07) is 15.9. The fourth-order valence-electron chi connectivity index (χ4n) is 3.04. The predicted octanol–water partition coefficient (Wildman–Crippen LogP) is 3.68. The molecule has 1 N–H and O–H groups in total. The number of methoxy groups -OCH3 is 2. The average Bonchev–Trinajstić information content (AvgIpc) is 2.79. The summed E-state index contributed by atoms with van der Waals surface area (Å²) in [7, 11) is 3.13. The van der Waals surface area contributed by atoms with E-state index in [2.05, 4.69) is 10.4 Å². The van der Waals surface area contributed by atoms with E-state index in [4.69, 9.17) is 21.1 Å². The van der Waals surface area contributed by atoms with Gasteiger partial charge in [0.15, 0.2) is 11.5 Å². The Kier molecular flexibility index (Phi) is 7.67. The van der Waals surface area contributed by atoms with Crippen molar-refractivity contribution in [3.8, 4) is 22.8 Å². The third kappa shape index (κ3) is 6.08. The highest BCUT2D eigenvalue weighted by Gasteiger charge is 2.09. The molecule has 3 aromatic rings. The molecule has 0 saturated heterocycles. The molecule has 0 unspecified atom stereocenters. The number of ether oxygens (including phenoxy) is 2. The lowest BCUT2D eigenvalue weighted by molar-refractivity contribution is -0.121. The third-order valence-corrected chi connectivity index (χ3v) is 4.97. The van der Waals surface area contributed by atoms with Crippen LogP contribution in [0.5, 0.6) is 11.5 Å². The van der Waals surface area contributed by atoms with Gasteiger partial charge in [-0.15, -0.1) is 0 Å². The van der Waals surface area contributed by atoms with Gasteiger partial charge < -0.3 is 14.8 Å². The molecule has 2 aromatic carbocycles. The largest absolute Gasteiger partial charge is 0.493 e. The standard InChI is InChI=1S/C23H24ClN3O4/c1-30-20-11-7-17(14-21(20)31-2)19-10-12-23(29)27(26-19)13-3-4-22(28)25-15-16-5-8-18(24)9-6-16/h5-12,14H,3-4,13,15H2,1-2H3,(H,25,28). The van der Waals surface area contributed by atoms with Gasteiger partial charge >= 0.3 is 0 Å². The first-order valence-corrected chi connectivity index (χ1v) is 10.2. The summed E-state index contributed by atoms with van der Waals surface area (Å²) in [4.78, 5) is 24.3. The molecule has 1 amide bonds. The lowest BCUT2D eigenvalue weighted by atomic mass is 10.1. The Hall–Kier alpha value is -3.32. The minimum atomic E-state index is -0.217. The molecule has 0 radical (unpaired) electrons. The molecule has 0 atom stereocenters. The number of amides is 1. The van der Waals surface area contributed by atoms with Crippen molar-refractivity contribution in [1.29, 1.82) is 0 Å². The van der Waals surface area contributed by atoms with Crippen LogP contribution in [0.15, 0.2) is 59.4 Å². The van der Waals surface area contributed by atoms with Gasteiger partial charge in [0.25, 0.3) is 5.56 Å². The molecule has 7 nitrogen and oxygen atoms in total. The number of carbonyl (C=O) groups is 1. The summed E-state index contributed by atoms with van der Waals surface area (Å²) in [6.45, 7) is 0.775. The van der Waals surface area contributed by atoms with E-state index < -0.39 is 0 Å². The van der Waals surface area contributed by atoms with Crippen molar-refractivity contribution in [2.24, 2.45) is 0 Å². The smallest absolute Gasteiger partial charge is 0.266 e. The number of hydrogen-bond donors (Lipinski definition) is 1. The van der Waals surface area contributed by atoms with Gasteiger partial charge in [-0.2, -0.15) is 5.10 Å². The van der Waals surface area contributed by atoms with Crippen LogP contribution in [0.25, 0.3) is 11.3 Å². The zero-order chi connectivity index (χ0) is 22.2. The molecular weight excluding hydrogens is 418 g/mol. The van der Waals surface area contributed by atoms with E-state index in [0.29, 0.717) is 48.1 Å². The summed E-state index contributed by atoms with van der Waals surface area (Å²) in [5, 5.41) is 7.96. The molecule has 8 heteroatoms. The molecule has 0 bridgehead atoms. The number of aromatic nitrogens is 2. The molecule has 31 heavy (non-hydrogen) atoms.